The molecule has 2 rings (SSSR count). The molecule has 0 saturated carbocycles. The van der Waals surface area contributed by atoms with Gasteiger partial charge in [0.1, 0.15) is 5.82 Å². The van der Waals surface area contributed by atoms with Gasteiger partial charge in [-0.1, -0.05) is 0 Å². The first kappa shape index (κ1) is 10.9. The second-order valence-corrected chi connectivity index (χ2v) is 3.86. The molecule has 5 heteroatoms. The van der Waals surface area contributed by atoms with E-state index in [0.717, 1.165) is 0 Å². The second kappa shape index (κ2) is 4.09. The summed E-state index contributed by atoms with van der Waals surface area (Å²) in [6.07, 6.45) is 0. The minimum Gasteiger partial charge on any atom is -0.394 e. The van der Waals surface area contributed by atoms with E-state index in [-0.39, 0.29) is 18.5 Å². The minimum atomic E-state index is -0.291. The lowest BCUT2D eigenvalue weighted by molar-refractivity contribution is 0.269. The molecule has 2 N–H and O–H groups in total. The molecule has 0 aliphatic carbocycles. The number of benzene rings is 1. The van der Waals surface area contributed by atoms with E-state index in [1.165, 1.54) is 12.1 Å². The highest BCUT2D eigenvalue weighted by Gasteiger charge is 2.12. The van der Waals surface area contributed by atoms with Crippen LogP contribution in [-0.2, 0) is 0 Å². The molecule has 1 heterocycles. The molecule has 86 valence electrons. The van der Waals surface area contributed by atoms with Crippen LogP contribution < -0.4 is 4.90 Å². The van der Waals surface area contributed by atoms with E-state index >= 15 is 0 Å². The number of hydrogen-bond donors (Lipinski definition) is 2. The molecule has 4 nitrogen and oxygen atoms in total. The number of aliphatic hydroxyl groups is 1. The van der Waals surface area contributed by atoms with Crippen molar-refractivity contribution >= 4 is 17.0 Å². The number of nitrogens with one attached hydrogen (secondary N) is 1. The van der Waals surface area contributed by atoms with Gasteiger partial charge < -0.3 is 15.0 Å². The first-order chi connectivity index (χ1) is 7.61. The Balaban J connectivity index is 2.39. The van der Waals surface area contributed by atoms with Gasteiger partial charge >= 0.3 is 0 Å². The summed E-state index contributed by atoms with van der Waals surface area (Å²) < 4.78 is 13.0. The Morgan fingerprint density at radius 3 is 3.00 bits per heavy atom. The van der Waals surface area contributed by atoms with Gasteiger partial charge in [0.15, 0.2) is 0 Å². The number of aromatic amines is 1. The molecule has 0 radical (unpaired) electrons. The first-order valence-electron chi connectivity index (χ1n) is 5.11. The number of rotatable bonds is 3. The third-order valence-electron chi connectivity index (χ3n) is 2.69. The Morgan fingerprint density at radius 2 is 2.31 bits per heavy atom. The Kier molecular flexibility index (Phi) is 2.78. The second-order valence-electron chi connectivity index (χ2n) is 3.86. The van der Waals surface area contributed by atoms with Crippen molar-refractivity contribution in [2.24, 2.45) is 0 Å². The number of aromatic nitrogens is 2. The molecule has 1 unspecified atom stereocenters. The maximum absolute atomic E-state index is 13.0. The van der Waals surface area contributed by atoms with Crippen molar-refractivity contribution in [2.75, 3.05) is 18.6 Å². The lowest BCUT2D eigenvalue weighted by Gasteiger charge is -2.21. The molecule has 16 heavy (non-hydrogen) atoms. The van der Waals surface area contributed by atoms with Gasteiger partial charge in [0.2, 0.25) is 5.95 Å². The van der Waals surface area contributed by atoms with Crippen LogP contribution in [0.25, 0.3) is 11.0 Å². The van der Waals surface area contributed by atoms with Gasteiger partial charge in [0.25, 0.3) is 0 Å². The fourth-order valence-electron chi connectivity index (χ4n) is 1.47. The lowest BCUT2D eigenvalue weighted by atomic mass is 10.3. The van der Waals surface area contributed by atoms with Crippen LogP contribution in [0.1, 0.15) is 6.92 Å². The van der Waals surface area contributed by atoms with Gasteiger partial charge in [-0.05, 0) is 25.1 Å². The van der Waals surface area contributed by atoms with Gasteiger partial charge in [0.05, 0.1) is 23.7 Å². The Bertz CT molecular complexity index is 497. The molecule has 1 aromatic carbocycles. The molecular weight excluding hydrogens is 209 g/mol. The third-order valence-corrected chi connectivity index (χ3v) is 2.69. The Morgan fingerprint density at radius 1 is 1.56 bits per heavy atom. The number of nitrogens with zero attached hydrogens (tertiary/aromatic N) is 2. The van der Waals surface area contributed by atoms with Gasteiger partial charge in [-0.15, -0.1) is 0 Å². The highest BCUT2D eigenvalue weighted by atomic mass is 19.1. The van der Waals surface area contributed by atoms with Crippen LogP contribution in [-0.4, -0.2) is 34.8 Å². The SMILES string of the molecule is CC(CO)N(C)c1nc2ccc(F)cc2[nH]1. The number of halogens is 1. The number of aliphatic hydroxyl groups excluding tert-OH is 1. The van der Waals surface area contributed by atoms with Crippen LogP contribution in [0.2, 0.25) is 0 Å². The van der Waals surface area contributed by atoms with E-state index in [0.29, 0.717) is 17.0 Å². The summed E-state index contributed by atoms with van der Waals surface area (Å²) in [4.78, 5) is 9.15. The standard InChI is InChI=1S/C11H14FN3O/c1-7(6-16)15(2)11-13-9-4-3-8(12)5-10(9)14-11/h3-5,7,16H,6H2,1-2H3,(H,13,14). The molecule has 0 aliphatic rings. The van der Waals surface area contributed by atoms with Crippen LogP contribution in [0.15, 0.2) is 18.2 Å². The van der Waals surface area contributed by atoms with Crippen molar-refractivity contribution in [3.05, 3.63) is 24.0 Å². The topological polar surface area (TPSA) is 52.1 Å². The molecule has 0 saturated heterocycles. The summed E-state index contributed by atoms with van der Waals surface area (Å²) in [7, 11) is 1.83. The molecule has 0 spiro atoms. The lowest BCUT2D eigenvalue weighted by Crippen LogP contribution is -2.32. The maximum Gasteiger partial charge on any atom is 0.203 e. The predicted octanol–water partition coefficient (Wildman–Crippen LogP) is 1.52. The number of hydrogen-bond acceptors (Lipinski definition) is 3. The van der Waals surface area contributed by atoms with Crippen molar-refractivity contribution in [2.45, 2.75) is 13.0 Å². The molecule has 1 atom stereocenters. The number of imidazole rings is 1. The van der Waals surface area contributed by atoms with Crippen LogP contribution >= 0.6 is 0 Å². The number of anilines is 1. The highest BCUT2D eigenvalue weighted by Crippen LogP contribution is 2.18. The summed E-state index contributed by atoms with van der Waals surface area (Å²) >= 11 is 0. The van der Waals surface area contributed by atoms with E-state index < -0.39 is 0 Å². The summed E-state index contributed by atoms with van der Waals surface area (Å²) in [5, 5.41) is 9.04. The van der Waals surface area contributed by atoms with E-state index in [2.05, 4.69) is 9.97 Å². The summed E-state index contributed by atoms with van der Waals surface area (Å²) in [6, 6.07) is 4.37. The van der Waals surface area contributed by atoms with Gasteiger partial charge in [-0.25, -0.2) is 9.37 Å². The molecule has 0 aliphatic heterocycles. The van der Waals surface area contributed by atoms with Crippen LogP contribution in [0, 0.1) is 5.82 Å². The first-order valence-corrected chi connectivity index (χ1v) is 5.11. The maximum atomic E-state index is 13.0. The summed E-state index contributed by atoms with van der Waals surface area (Å²) in [6.45, 7) is 1.93. The number of H-pyrrole nitrogens is 1. The van der Waals surface area contributed by atoms with Gasteiger partial charge in [-0.3, -0.25) is 0 Å². The van der Waals surface area contributed by atoms with Crippen molar-refractivity contribution in [1.82, 2.24) is 9.97 Å². The Labute approximate surface area is 92.7 Å². The Hall–Kier alpha value is -1.62. The van der Waals surface area contributed by atoms with E-state index in [1.54, 1.807) is 6.07 Å². The molecule has 0 bridgehead atoms. The minimum absolute atomic E-state index is 0.0367. The normalized spacial score (nSPS) is 13.0. The van der Waals surface area contributed by atoms with Crippen molar-refractivity contribution in [1.29, 1.82) is 0 Å². The van der Waals surface area contributed by atoms with Crippen LogP contribution in [0.3, 0.4) is 0 Å². The predicted molar refractivity (Wildman–Crippen MR) is 61.0 cm³/mol. The average Bonchev–Trinajstić information content (AvgIpc) is 2.69. The monoisotopic (exact) mass is 223 g/mol. The highest BCUT2D eigenvalue weighted by molar-refractivity contribution is 5.77. The fraction of sp³-hybridized carbons (Fsp3) is 0.364. The quantitative estimate of drug-likeness (QED) is 0.829. The van der Waals surface area contributed by atoms with E-state index in [9.17, 15) is 4.39 Å². The molecule has 0 amide bonds. The number of fused-ring (bicyclic) bond motifs is 1. The van der Waals surface area contributed by atoms with Crippen LogP contribution in [0.4, 0.5) is 10.3 Å². The zero-order valence-corrected chi connectivity index (χ0v) is 9.24. The third kappa shape index (κ3) is 1.86. The van der Waals surface area contributed by atoms with Crippen molar-refractivity contribution in [3.63, 3.8) is 0 Å². The summed E-state index contributed by atoms with van der Waals surface area (Å²) in [5.74, 6) is 0.336. The van der Waals surface area contributed by atoms with Gasteiger partial charge in [0, 0.05) is 7.05 Å². The largest absolute Gasteiger partial charge is 0.394 e. The van der Waals surface area contributed by atoms with Gasteiger partial charge in [-0.2, -0.15) is 0 Å². The number of likely N-dealkylation sites (N-methyl/N-ethyl adjacent to an activating group) is 1. The zero-order valence-electron chi connectivity index (χ0n) is 9.24. The van der Waals surface area contributed by atoms with E-state index in [1.807, 2.05) is 18.9 Å². The smallest absolute Gasteiger partial charge is 0.203 e. The molecule has 1 aromatic heterocycles. The molecule has 2 aromatic rings. The molecular formula is C11H14FN3O. The van der Waals surface area contributed by atoms with E-state index in [4.69, 9.17) is 5.11 Å². The fourth-order valence-corrected chi connectivity index (χ4v) is 1.47. The summed E-state index contributed by atoms with van der Waals surface area (Å²) in [5.41, 5.74) is 1.38. The zero-order chi connectivity index (χ0) is 11.7. The van der Waals surface area contributed by atoms with Crippen LogP contribution in [0.5, 0.6) is 0 Å². The molecule has 0 fully saturated rings. The van der Waals surface area contributed by atoms with Crippen molar-refractivity contribution < 1.29 is 9.50 Å². The average molecular weight is 223 g/mol. The van der Waals surface area contributed by atoms with Crippen molar-refractivity contribution in [3.8, 4) is 0 Å².